The quantitative estimate of drug-likeness (QED) is 0.711. The third kappa shape index (κ3) is 9.39. The highest BCUT2D eigenvalue weighted by Crippen LogP contribution is 2.09. The SMILES string of the molecule is CC(C)CCCC(C)NC(=O)CCS(=O)(=O)Cc1ccccc1. The summed E-state index contributed by atoms with van der Waals surface area (Å²) in [6, 6.07) is 9.15. The van der Waals surface area contributed by atoms with Gasteiger partial charge in [-0.1, -0.05) is 57.0 Å². The monoisotopic (exact) mass is 339 g/mol. The molecule has 0 aliphatic rings. The highest BCUT2D eigenvalue weighted by atomic mass is 32.2. The van der Waals surface area contributed by atoms with Crippen LogP contribution >= 0.6 is 0 Å². The number of benzene rings is 1. The normalized spacial score (nSPS) is 13.0. The fourth-order valence-electron chi connectivity index (χ4n) is 2.40. The maximum absolute atomic E-state index is 12.1. The Labute approximate surface area is 140 Å². The molecule has 0 fully saturated rings. The van der Waals surface area contributed by atoms with Gasteiger partial charge < -0.3 is 5.32 Å². The summed E-state index contributed by atoms with van der Waals surface area (Å²) in [4.78, 5) is 11.9. The van der Waals surface area contributed by atoms with Crippen LogP contribution in [-0.4, -0.2) is 26.1 Å². The van der Waals surface area contributed by atoms with Gasteiger partial charge in [0.05, 0.1) is 11.5 Å². The van der Waals surface area contributed by atoms with E-state index in [0.717, 1.165) is 24.8 Å². The first-order valence-corrected chi connectivity index (χ1v) is 10.1. The van der Waals surface area contributed by atoms with Crippen molar-refractivity contribution in [2.75, 3.05) is 5.75 Å². The summed E-state index contributed by atoms with van der Waals surface area (Å²) in [5, 5.41) is 2.89. The van der Waals surface area contributed by atoms with Crippen molar-refractivity contribution in [2.45, 2.75) is 58.2 Å². The van der Waals surface area contributed by atoms with Crippen molar-refractivity contribution in [2.24, 2.45) is 5.92 Å². The lowest BCUT2D eigenvalue weighted by molar-refractivity contribution is -0.121. The predicted molar refractivity (Wildman–Crippen MR) is 94.8 cm³/mol. The van der Waals surface area contributed by atoms with E-state index in [-0.39, 0.29) is 29.9 Å². The molecule has 1 amide bonds. The van der Waals surface area contributed by atoms with Crippen LogP contribution in [0.2, 0.25) is 0 Å². The molecule has 0 heterocycles. The average molecular weight is 340 g/mol. The fraction of sp³-hybridized carbons (Fsp3) is 0.611. The van der Waals surface area contributed by atoms with Crippen LogP contribution in [0.5, 0.6) is 0 Å². The highest BCUT2D eigenvalue weighted by molar-refractivity contribution is 7.90. The first kappa shape index (κ1) is 19.7. The third-order valence-corrected chi connectivity index (χ3v) is 5.29. The summed E-state index contributed by atoms with van der Waals surface area (Å²) in [6.45, 7) is 6.33. The number of carbonyl (C=O) groups excluding carboxylic acids is 1. The maximum atomic E-state index is 12.1. The number of amides is 1. The van der Waals surface area contributed by atoms with Crippen LogP contribution in [0, 0.1) is 5.92 Å². The second-order valence-electron chi connectivity index (χ2n) is 6.62. The van der Waals surface area contributed by atoms with Gasteiger partial charge in [-0.2, -0.15) is 0 Å². The van der Waals surface area contributed by atoms with Gasteiger partial charge in [-0.3, -0.25) is 4.79 Å². The van der Waals surface area contributed by atoms with Crippen molar-refractivity contribution in [3.63, 3.8) is 0 Å². The Bertz CT molecular complexity index is 567. The van der Waals surface area contributed by atoms with E-state index in [1.165, 1.54) is 0 Å². The van der Waals surface area contributed by atoms with Crippen LogP contribution in [0.25, 0.3) is 0 Å². The third-order valence-electron chi connectivity index (χ3n) is 3.70. The van der Waals surface area contributed by atoms with Gasteiger partial charge in [-0.25, -0.2) is 8.42 Å². The molecule has 1 N–H and O–H groups in total. The molecule has 23 heavy (non-hydrogen) atoms. The average Bonchev–Trinajstić information content (AvgIpc) is 2.45. The summed E-state index contributed by atoms with van der Waals surface area (Å²) in [5.74, 6) is 0.372. The van der Waals surface area contributed by atoms with Crippen LogP contribution in [0.1, 0.15) is 52.0 Å². The molecule has 0 aromatic heterocycles. The molecule has 130 valence electrons. The second kappa shape index (κ2) is 9.71. The molecule has 0 spiro atoms. The molecule has 1 aromatic carbocycles. The van der Waals surface area contributed by atoms with Crippen LogP contribution in [-0.2, 0) is 20.4 Å². The smallest absolute Gasteiger partial charge is 0.221 e. The Morgan fingerprint density at radius 3 is 2.35 bits per heavy atom. The summed E-state index contributed by atoms with van der Waals surface area (Å²) in [6.07, 6.45) is 3.18. The van der Waals surface area contributed by atoms with E-state index >= 15 is 0 Å². The lowest BCUT2D eigenvalue weighted by Gasteiger charge is -2.14. The molecule has 0 radical (unpaired) electrons. The fourth-order valence-corrected chi connectivity index (χ4v) is 3.74. The first-order chi connectivity index (χ1) is 10.8. The number of hydrogen-bond acceptors (Lipinski definition) is 3. The summed E-state index contributed by atoms with van der Waals surface area (Å²) in [7, 11) is -3.25. The van der Waals surface area contributed by atoms with Crippen LogP contribution in [0.4, 0.5) is 0 Å². The largest absolute Gasteiger partial charge is 0.354 e. The van der Waals surface area contributed by atoms with Crippen LogP contribution in [0.3, 0.4) is 0 Å². The number of rotatable bonds is 10. The van der Waals surface area contributed by atoms with E-state index in [1.54, 1.807) is 12.1 Å². The summed E-state index contributed by atoms with van der Waals surface area (Å²) in [5.41, 5.74) is 0.759. The molecule has 1 rings (SSSR count). The minimum absolute atomic E-state index is 0.00887. The minimum Gasteiger partial charge on any atom is -0.354 e. The molecule has 1 unspecified atom stereocenters. The van der Waals surface area contributed by atoms with E-state index in [2.05, 4.69) is 19.2 Å². The van der Waals surface area contributed by atoms with Crippen molar-refractivity contribution >= 4 is 15.7 Å². The molecule has 5 heteroatoms. The molecule has 0 saturated heterocycles. The molecular formula is C18H29NO3S. The molecule has 0 aliphatic carbocycles. The van der Waals surface area contributed by atoms with Gasteiger partial charge in [-0.05, 0) is 24.8 Å². The van der Waals surface area contributed by atoms with E-state index < -0.39 is 9.84 Å². The van der Waals surface area contributed by atoms with Crippen molar-refractivity contribution in [3.05, 3.63) is 35.9 Å². The number of nitrogens with one attached hydrogen (secondary N) is 1. The van der Waals surface area contributed by atoms with Crippen molar-refractivity contribution in [1.82, 2.24) is 5.32 Å². The lowest BCUT2D eigenvalue weighted by Crippen LogP contribution is -2.33. The van der Waals surface area contributed by atoms with Gasteiger partial charge in [-0.15, -0.1) is 0 Å². The van der Waals surface area contributed by atoms with Gasteiger partial charge in [0, 0.05) is 12.5 Å². The van der Waals surface area contributed by atoms with Crippen LogP contribution in [0.15, 0.2) is 30.3 Å². The molecule has 1 aromatic rings. The number of sulfone groups is 1. The first-order valence-electron chi connectivity index (χ1n) is 8.32. The summed E-state index contributed by atoms with van der Waals surface area (Å²) < 4.78 is 24.1. The molecule has 1 atom stereocenters. The molecular weight excluding hydrogens is 310 g/mol. The summed E-state index contributed by atoms with van der Waals surface area (Å²) >= 11 is 0. The van der Waals surface area contributed by atoms with Crippen molar-refractivity contribution in [3.8, 4) is 0 Å². The lowest BCUT2D eigenvalue weighted by atomic mass is 10.0. The molecule has 0 aliphatic heterocycles. The van der Waals surface area contributed by atoms with E-state index in [9.17, 15) is 13.2 Å². The standard InChI is InChI=1S/C18H29NO3S/c1-15(2)8-7-9-16(3)19-18(20)12-13-23(21,22)14-17-10-5-4-6-11-17/h4-6,10-11,15-16H,7-9,12-14H2,1-3H3,(H,19,20). The van der Waals surface area contributed by atoms with Crippen molar-refractivity contribution in [1.29, 1.82) is 0 Å². The van der Waals surface area contributed by atoms with Crippen LogP contribution < -0.4 is 5.32 Å². The Kier molecular flexibility index (Phi) is 8.31. The van der Waals surface area contributed by atoms with Gasteiger partial charge >= 0.3 is 0 Å². The zero-order chi connectivity index (χ0) is 17.3. The number of hydrogen-bond donors (Lipinski definition) is 1. The minimum atomic E-state index is -3.25. The molecule has 0 saturated carbocycles. The van der Waals surface area contributed by atoms with Gasteiger partial charge in [0.1, 0.15) is 0 Å². The zero-order valence-electron chi connectivity index (χ0n) is 14.4. The van der Waals surface area contributed by atoms with E-state index in [4.69, 9.17) is 0 Å². The van der Waals surface area contributed by atoms with Gasteiger partial charge in [0.2, 0.25) is 5.91 Å². The predicted octanol–water partition coefficient (Wildman–Crippen LogP) is 3.32. The zero-order valence-corrected chi connectivity index (χ0v) is 15.2. The Morgan fingerprint density at radius 2 is 1.74 bits per heavy atom. The maximum Gasteiger partial charge on any atom is 0.221 e. The topological polar surface area (TPSA) is 63.2 Å². The van der Waals surface area contributed by atoms with E-state index in [0.29, 0.717) is 5.92 Å². The number of carbonyl (C=O) groups is 1. The Hall–Kier alpha value is -1.36. The van der Waals surface area contributed by atoms with Gasteiger partial charge in [0.25, 0.3) is 0 Å². The van der Waals surface area contributed by atoms with Gasteiger partial charge in [0.15, 0.2) is 9.84 Å². The Morgan fingerprint density at radius 1 is 1.09 bits per heavy atom. The van der Waals surface area contributed by atoms with E-state index in [1.807, 2.05) is 25.1 Å². The highest BCUT2D eigenvalue weighted by Gasteiger charge is 2.15. The second-order valence-corrected chi connectivity index (χ2v) is 8.81. The molecule has 0 bridgehead atoms. The Balaban J connectivity index is 2.31. The van der Waals surface area contributed by atoms with Crippen molar-refractivity contribution < 1.29 is 13.2 Å². The molecule has 4 nitrogen and oxygen atoms in total.